The number of ketones is 1. The Labute approximate surface area is 212 Å². The Morgan fingerprint density at radius 3 is 2.37 bits per heavy atom. The van der Waals surface area contributed by atoms with E-state index < -0.39 is 23.3 Å². The molecule has 2 N–H and O–H groups in total. The first-order chi connectivity index (χ1) is 16.7. The van der Waals surface area contributed by atoms with Crippen LogP contribution in [-0.4, -0.2) is 52.7 Å². The molecule has 0 saturated heterocycles. The third-order valence-electron chi connectivity index (χ3n) is 6.85. The van der Waals surface area contributed by atoms with E-state index in [0.717, 1.165) is 18.4 Å². The molecule has 184 valence electrons. The van der Waals surface area contributed by atoms with Gasteiger partial charge in [0.1, 0.15) is 5.78 Å². The summed E-state index contributed by atoms with van der Waals surface area (Å²) in [6, 6.07) is 5.80. The summed E-state index contributed by atoms with van der Waals surface area (Å²) >= 11 is 12.1. The second-order valence-corrected chi connectivity index (χ2v) is 9.69. The highest BCUT2D eigenvalue weighted by atomic mass is 35.5. The van der Waals surface area contributed by atoms with E-state index >= 15 is 0 Å². The molecule has 0 radical (unpaired) electrons. The number of rotatable bonds is 7. The van der Waals surface area contributed by atoms with Gasteiger partial charge in [-0.3, -0.25) is 19.6 Å². The van der Waals surface area contributed by atoms with Gasteiger partial charge in [0.2, 0.25) is 0 Å². The Morgan fingerprint density at radius 2 is 1.83 bits per heavy atom. The van der Waals surface area contributed by atoms with Crippen molar-refractivity contribution in [3.8, 4) is 0 Å². The van der Waals surface area contributed by atoms with Crippen molar-refractivity contribution in [3.05, 3.63) is 57.8 Å². The molecular weight excluding hydrogens is 493 g/mol. The van der Waals surface area contributed by atoms with Crippen molar-refractivity contribution in [2.24, 2.45) is 10.4 Å². The summed E-state index contributed by atoms with van der Waals surface area (Å²) < 4.78 is 5.40. The van der Waals surface area contributed by atoms with Crippen molar-refractivity contribution < 1.29 is 24.2 Å². The Balaban J connectivity index is 1.44. The first-order valence-electron chi connectivity index (χ1n) is 11.3. The number of nitrogens with one attached hydrogen (secondary N) is 1. The molecular formula is C25H25Cl2N3O5. The van der Waals surface area contributed by atoms with Crippen LogP contribution in [0.25, 0.3) is 0 Å². The molecule has 2 saturated carbocycles. The molecule has 0 bridgehead atoms. The van der Waals surface area contributed by atoms with E-state index in [1.807, 2.05) is 0 Å². The summed E-state index contributed by atoms with van der Waals surface area (Å²) in [4.78, 5) is 45.3. The predicted octanol–water partition coefficient (Wildman–Crippen LogP) is 4.63. The molecule has 0 aliphatic heterocycles. The number of nitrogens with zero attached hydrogens (tertiary/aromatic N) is 2. The van der Waals surface area contributed by atoms with Crippen LogP contribution in [-0.2, 0) is 20.7 Å². The first kappa shape index (κ1) is 25.3. The average molecular weight is 518 g/mol. The maximum Gasteiger partial charge on any atom is 0.328 e. The third-order valence-corrected chi connectivity index (χ3v) is 7.42. The predicted molar refractivity (Wildman–Crippen MR) is 133 cm³/mol. The maximum absolute atomic E-state index is 12.5. The number of aromatic nitrogens is 1. The van der Waals surface area contributed by atoms with Crippen LogP contribution in [0.15, 0.2) is 41.7 Å². The third kappa shape index (κ3) is 5.24. The second kappa shape index (κ2) is 10.4. The van der Waals surface area contributed by atoms with Crippen LogP contribution in [0.5, 0.6) is 0 Å². The Bertz CT molecular complexity index is 1150. The van der Waals surface area contributed by atoms with Gasteiger partial charge in [-0.1, -0.05) is 35.3 Å². The van der Waals surface area contributed by atoms with E-state index in [4.69, 9.17) is 27.9 Å². The molecule has 35 heavy (non-hydrogen) atoms. The molecule has 2 aliphatic carbocycles. The average Bonchev–Trinajstić information content (AvgIpc) is 2.84. The summed E-state index contributed by atoms with van der Waals surface area (Å²) in [5.41, 5.74) is 1.44. The fourth-order valence-electron chi connectivity index (χ4n) is 4.75. The van der Waals surface area contributed by atoms with Crippen molar-refractivity contribution in [1.29, 1.82) is 0 Å². The van der Waals surface area contributed by atoms with Gasteiger partial charge in [0.15, 0.2) is 6.04 Å². The van der Waals surface area contributed by atoms with Gasteiger partial charge >= 0.3 is 5.97 Å². The Morgan fingerprint density at radius 1 is 1.20 bits per heavy atom. The number of carboxylic acid groups (broad SMARTS) is 1. The van der Waals surface area contributed by atoms with Crippen LogP contribution in [0.3, 0.4) is 0 Å². The highest BCUT2D eigenvalue weighted by molar-refractivity contribution is 6.40. The zero-order chi connectivity index (χ0) is 25.2. The standard InChI is InChI=1S/C25H25Cl2N3O5/c1-35-16-6-8-25(9-7-16)20(11-21(25)31)30-19(24(33)34)10-14-2-4-15(5-3-14)29-23(32)22-17(26)12-28-13-18(22)27/h2-5,12-13,16,19H,6-11H2,1H3,(H,29,32)(H,33,34)/t16?,19-,25?/m0/s1. The van der Waals surface area contributed by atoms with Gasteiger partial charge in [-0.15, -0.1) is 0 Å². The normalized spacial score (nSPS) is 23.7. The lowest BCUT2D eigenvalue weighted by Gasteiger charge is -2.46. The minimum Gasteiger partial charge on any atom is -0.480 e. The Hall–Kier alpha value is -2.81. The van der Waals surface area contributed by atoms with E-state index in [9.17, 15) is 19.5 Å². The first-order valence-corrected chi connectivity index (χ1v) is 12.0. The molecule has 1 aromatic carbocycles. The summed E-state index contributed by atoms with van der Waals surface area (Å²) in [6.45, 7) is 0. The number of ether oxygens (including phenoxy) is 1. The number of pyridine rings is 1. The molecule has 1 spiro atoms. The largest absolute Gasteiger partial charge is 0.480 e. The van der Waals surface area contributed by atoms with E-state index in [2.05, 4.69) is 15.3 Å². The van der Waals surface area contributed by atoms with Gasteiger partial charge in [0.25, 0.3) is 5.91 Å². The molecule has 1 atom stereocenters. The van der Waals surface area contributed by atoms with Gasteiger partial charge in [-0.25, -0.2) is 4.79 Å². The number of hydrogen-bond donors (Lipinski definition) is 2. The zero-order valence-corrected chi connectivity index (χ0v) is 20.6. The maximum atomic E-state index is 12.5. The van der Waals surface area contributed by atoms with Crippen LogP contribution in [0, 0.1) is 5.41 Å². The smallest absolute Gasteiger partial charge is 0.328 e. The van der Waals surface area contributed by atoms with Crippen molar-refractivity contribution >= 4 is 52.3 Å². The van der Waals surface area contributed by atoms with Crippen molar-refractivity contribution in [1.82, 2.24) is 4.98 Å². The molecule has 8 nitrogen and oxygen atoms in total. The van der Waals surface area contributed by atoms with Crippen LogP contribution >= 0.6 is 23.2 Å². The van der Waals surface area contributed by atoms with Crippen molar-refractivity contribution in [3.63, 3.8) is 0 Å². The quantitative estimate of drug-likeness (QED) is 0.552. The number of halogens is 2. The van der Waals surface area contributed by atoms with Crippen LogP contribution < -0.4 is 5.32 Å². The lowest BCUT2D eigenvalue weighted by Crippen LogP contribution is -2.54. The van der Waals surface area contributed by atoms with Crippen LogP contribution in [0.1, 0.15) is 48.0 Å². The minimum absolute atomic E-state index is 0.123. The fourth-order valence-corrected chi connectivity index (χ4v) is 5.28. The monoisotopic (exact) mass is 517 g/mol. The number of benzene rings is 1. The number of carbonyl (C=O) groups excluding carboxylic acids is 2. The number of hydrogen-bond acceptors (Lipinski definition) is 6. The van der Waals surface area contributed by atoms with E-state index in [1.165, 1.54) is 12.4 Å². The summed E-state index contributed by atoms with van der Waals surface area (Å²) in [6.07, 6.45) is 6.02. The second-order valence-electron chi connectivity index (χ2n) is 8.88. The van der Waals surface area contributed by atoms with E-state index in [0.29, 0.717) is 24.2 Å². The fraction of sp³-hybridized carbons (Fsp3) is 0.400. The highest BCUT2D eigenvalue weighted by Crippen LogP contribution is 2.47. The van der Waals surface area contributed by atoms with E-state index in [-0.39, 0.29) is 40.3 Å². The van der Waals surface area contributed by atoms with Crippen molar-refractivity contribution in [2.75, 3.05) is 12.4 Å². The molecule has 4 rings (SSSR count). The van der Waals surface area contributed by atoms with Crippen LogP contribution in [0.4, 0.5) is 5.69 Å². The SMILES string of the molecule is COC1CCC2(CC1)C(=O)CC2=N[C@@H](Cc1ccc(NC(=O)c2c(Cl)cncc2Cl)cc1)C(=O)O. The number of carbonyl (C=O) groups is 3. The zero-order valence-electron chi connectivity index (χ0n) is 19.1. The number of Topliss-reactive ketones (excluding diaryl/α,β-unsaturated/α-hetero) is 1. The van der Waals surface area contributed by atoms with Gasteiger partial charge in [0, 0.05) is 43.7 Å². The molecule has 0 unspecified atom stereocenters. The number of methoxy groups -OCH3 is 1. The molecule has 10 heteroatoms. The van der Waals surface area contributed by atoms with Gasteiger partial charge < -0.3 is 15.2 Å². The summed E-state index contributed by atoms with van der Waals surface area (Å²) in [5.74, 6) is -1.38. The number of aliphatic carboxylic acids is 1. The van der Waals surface area contributed by atoms with E-state index in [1.54, 1.807) is 31.4 Å². The molecule has 1 aromatic heterocycles. The number of carboxylic acids is 1. The molecule has 2 fully saturated rings. The molecule has 2 aliphatic rings. The Kier molecular flexibility index (Phi) is 7.54. The van der Waals surface area contributed by atoms with Gasteiger partial charge in [-0.2, -0.15) is 0 Å². The van der Waals surface area contributed by atoms with Gasteiger partial charge in [0.05, 0.1) is 27.1 Å². The lowest BCUT2D eigenvalue weighted by molar-refractivity contribution is -0.138. The highest BCUT2D eigenvalue weighted by Gasteiger charge is 2.53. The van der Waals surface area contributed by atoms with Gasteiger partial charge in [-0.05, 0) is 43.4 Å². The number of anilines is 1. The van der Waals surface area contributed by atoms with Crippen LogP contribution in [0.2, 0.25) is 10.0 Å². The summed E-state index contributed by atoms with van der Waals surface area (Å²) in [7, 11) is 1.67. The lowest BCUT2D eigenvalue weighted by atomic mass is 9.57. The molecule has 1 amide bonds. The molecule has 2 aromatic rings. The molecule has 1 heterocycles. The van der Waals surface area contributed by atoms with Crippen molar-refractivity contribution in [2.45, 2.75) is 50.7 Å². The topological polar surface area (TPSA) is 118 Å². The minimum atomic E-state index is -1.04. The number of amides is 1. The number of aliphatic imine (C=N–C) groups is 1. The summed E-state index contributed by atoms with van der Waals surface area (Å²) in [5, 5.41) is 12.8.